The maximum Gasteiger partial charge on any atom is 0.233 e. The van der Waals surface area contributed by atoms with Crippen LogP contribution in [0.15, 0.2) is 36.4 Å². The minimum atomic E-state index is -0.237. The molecule has 2 saturated carbocycles. The fourth-order valence-corrected chi connectivity index (χ4v) is 5.41. The topological polar surface area (TPSA) is 75.7 Å². The van der Waals surface area contributed by atoms with Crippen LogP contribution in [-0.2, 0) is 14.4 Å². The predicted octanol–water partition coefficient (Wildman–Crippen LogP) is 2.08. The molecular formula is C21H22N2O4. The number of para-hydroxylation sites is 2. The van der Waals surface area contributed by atoms with E-state index < -0.39 is 0 Å². The first-order chi connectivity index (χ1) is 13.1. The first kappa shape index (κ1) is 16.5. The van der Waals surface area contributed by atoms with E-state index in [0.717, 1.165) is 6.42 Å². The molecule has 0 spiro atoms. The van der Waals surface area contributed by atoms with Gasteiger partial charge in [0.2, 0.25) is 17.7 Å². The number of ether oxygens (including phenoxy) is 1. The largest absolute Gasteiger partial charge is 0.495 e. The van der Waals surface area contributed by atoms with Crippen LogP contribution in [0.5, 0.6) is 5.75 Å². The van der Waals surface area contributed by atoms with Crippen molar-refractivity contribution in [2.24, 2.45) is 35.5 Å². The Labute approximate surface area is 157 Å². The van der Waals surface area contributed by atoms with E-state index in [9.17, 15) is 14.4 Å². The lowest BCUT2D eigenvalue weighted by molar-refractivity contribution is -0.140. The number of amides is 3. The van der Waals surface area contributed by atoms with E-state index in [1.807, 2.05) is 12.1 Å². The summed E-state index contributed by atoms with van der Waals surface area (Å²) in [5.74, 6) is 1.38. The average molecular weight is 366 g/mol. The first-order valence-electron chi connectivity index (χ1n) is 9.56. The van der Waals surface area contributed by atoms with Crippen molar-refractivity contribution in [1.29, 1.82) is 0 Å². The second-order valence-electron chi connectivity index (χ2n) is 7.98. The molecule has 140 valence electrons. The highest BCUT2D eigenvalue weighted by Gasteiger charge is 2.66. The summed E-state index contributed by atoms with van der Waals surface area (Å²) in [6.07, 6.45) is 5.55. The Hall–Kier alpha value is -2.63. The maximum atomic E-state index is 12.9. The highest BCUT2D eigenvalue weighted by molar-refractivity contribution is 6.06. The molecule has 1 N–H and O–H groups in total. The van der Waals surface area contributed by atoms with Crippen LogP contribution in [-0.4, -0.2) is 36.3 Å². The molecule has 4 aliphatic carbocycles. The third kappa shape index (κ3) is 2.42. The number of anilines is 1. The van der Waals surface area contributed by atoms with Gasteiger partial charge in [0.25, 0.3) is 0 Å². The van der Waals surface area contributed by atoms with Crippen LogP contribution in [0.1, 0.15) is 12.8 Å². The van der Waals surface area contributed by atoms with E-state index in [1.54, 1.807) is 19.2 Å². The van der Waals surface area contributed by atoms with E-state index in [2.05, 4.69) is 17.5 Å². The molecule has 0 aromatic heterocycles. The standard InChI is InChI=1S/C21H22N2O4/c1-27-16-5-3-2-4-15(16)22-17(24)8-9-23-20(25)18-11-6-7-12(14-10-13(11)14)19(18)21(23)26/h2-7,11-14,18-19H,8-10H2,1H3,(H,22,24)/t11-,12+,13-,14-,18+,19+/m1/s1. The molecule has 6 rings (SSSR count). The molecule has 6 heteroatoms. The van der Waals surface area contributed by atoms with Gasteiger partial charge in [-0.1, -0.05) is 24.3 Å². The van der Waals surface area contributed by atoms with Crippen molar-refractivity contribution < 1.29 is 19.1 Å². The van der Waals surface area contributed by atoms with Crippen LogP contribution in [0.25, 0.3) is 0 Å². The highest BCUT2D eigenvalue weighted by atomic mass is 16.5. The second kappa shape index (κ2) is 5.94. The van der Waals surface area contributed by atoms with Gasteiger partial charge in [0, 0.05) is 13.0 Å². The zero-order valence-electron chi connectivity index (χ0n) is 15.1. The molecule has 0 radical (unpaired) electrons. The van der Waals surface area contributed by atoms with E-state index >= 15 is 0 Å². The highest BCUT2D eigenvalue weighted by Crippen LogP contribution is 2.65. The van der Waals surface area contributed by atoms with Crippen LogP contribution in [0.2, 0.25) is 0 Å². The third-order valence-corrected chi connectivity index (χ3v) is 6.70. The van der Waals surface area contributed by atoms with Crippen molar-refractivity contribution in [3.63, 3.8) is 0 Å². The molecule has 1 heterocycles. The summed E-state index contributed by atoms with van der Waals surface area (Å²) in [5, 5.41) is 2.80. The monoisotopic (exact) mass is 366 g/mol. The van der Waals surface area contributed by atoms with Crippen molar-refractivity contribution in [3.05, 3.63) is 36.4 Å². The fraction of sp³-hybridized carbons (Fsp3) is 0.476. The second-order valence-corrected chi connectivity index (χ2v) is 7.98. The Morgan fingerprint density at radius 3 is 2.37 bits per heavy atom. The number of hydrogen-bond donors (Lipinski definition) is 1. The van der Waals surface area contributed by atoms with Crippen LogP contribution < -0.4 is 10.1 Å². The number of benzene rings is 1. The maximum absolute atomic E-state index is 12.9. The van der Waals surface area contributed by atoms with Crippen LogP contribution in [0.3, 0.4) is 0 Å². The molecule has 27 heavy (non-hydrogen) atoms. The number of hydrogen-bond acceptors (Lipinski definition) is 4. The number of likely N-dealkylation sites (tertiary alicyclic amines) is 1. The van der Waals surface area contributed by atoms with Gasteiger partial charge in [-0.3, -0.25) is 19.3 Å². The van der Waals surface area contributed by atoms with Crippen molar-refractivity contribution in [1.82, 2.24) is 4.90 Å². The van der Waals surface area contributed by atoms with Gasteiger partial charge in [0.1, 0.15) is 5.75 Å². The number of carbonyl (C=O) groups is 3. The van der Waals surface area contributed by atoms with Gasteiger partial charge < -0.3 is 10.1 Å². The predicted molar refractivity (Wildman–Crippen MR) is 97.7 cm³/mol. The minimum absolute atomic E-state index is 0.0835. The Morgan fingerprint density at radius 2 is 1.74 bits per heavy atom. The molecule has 1 saturated heterocycles. The molecule has 1 aromatic rings. The lowest BCUT2D eigenvalue weighted by Gasteiger charge is -2.37. The summed E-state index contributed by atoms with van der Waals surface area (Å²) in [6.45, 7) is 0.139. The molecule has 6 nitrogen and oxygen atoms in total. The number of carbonyl (C=O) groups excluding carboxylic acids is 3. The van der Waals surface area contributed by atoms with Gasteiger partial charge in [-0.15, -0.1) is 0 Å². The van der Waals surface area contributed by atoms with Gasteiger partial charge in [-0.2, -0.15) is 0 Å². The molecular weight excluding hydrogens is 344 g/mol. The minimum Gasteiger partial charge on any atom is -0.495 e. The van der Waals surface area contributed by atoms with Crippen molar-refractivity contribution >= 4 is 23.4 Å². The molecule has 3 amide bonds. The smallest absolute Gasteiger partial charge is 0.233 e. The summed E-state index contributed by atoms with van der Waals surface area (Å²) in [6, 6.07) is 7.16. The van der Waals surface area contributed by atoms with E-state index in [4.69, 9.17) is 4.74 Å². The molecule has 6 atom stereocenters. The lowest BCUT2D eigenvalue weighted by Crippen LogP contribution is -2.40. The molecule has 1 aliphatic heterocycles. The van der Waals surface area contributed by atoms with Gasteiger partial charge in [0.15, 0.2) is 0 Å². The summed E-state index contributed by atoms with van der Waals surface area (Å²) in [5.41, 5.74) is 0.583. The van der Waals surface area contributed by atoms with Gasteiger partial charge >= 0.3 is 0 Å². The number of allylic oxidation sites excluding steroid dienone is 2. The van der Waals surface area contributed by atoms with Gasteiger partial charge in [-0.25, -0.2) is 0 Å². The number of methoxy groups -OCH3 is 1. The van der Waals surface area contributed by atoms with E-state index in [-0.39, 0.29) is 54.4 Å². The summed E-state index contributed by atoms with van der Waals surface area (Å²) < 4.78 is 5.23. The van der Waals surface area contributed by atoms with Crippen molar-refractivity contribution in [3.8, 4) is 5.75 Å². The van der Waals surface area contributed by atoms with Crippen LogP contribution >= 0.6 is 0 Å². The molecule has 0 unspecified atom stereocenters. The SMILES string of the molecule is COc1ccccc1NC(=O)CCN1C(=O)[C@H]2[C@@H]3C=C[C@@H]([C@H]4C[C@H]34)[C@@H]2C1=O. The Balaban J connectivity index is 1.25. The van der Waals surface area contributed by atoms with Crippen LogP contribution in [0, 0.1) is 35.5 Å². The molecule has 2 bridgehead atoms. The Kier molecular flexibility index (Phi) is 3.64. The zero-order valence-corrected chi connectivity index (χ0v) is 15.1. The fourth-order valence-electron chi connectivity index (χ4n) is 5.41. The summed E-state index contributed by atoms with van der Waals surface area (Å²) in [7, 11) is 1.54. The molecule has 5 aliphatic rings. The van der Waals surface area contributed by atoms with Crippen molar-refractivity contribution in [2.75, 3.05) is 19.0 Å². The van der Waals surface area contributed by atoms with E-state index in [0.29, 0.717) is 23.3 Å². The van der Waals surface area contributed by atoms with Gasteiger partial charge in [0.05, 0.1) is 24.6 Å². The average Bonchev–Trinajstić information content (AvgIpc) is 3.46. The normalized spacial score (nSPS) is 35.1. The molecule has 1 aromatic carbocycles. The molecule has 3 fully saturated rings. The number of imide groups is 1. The number of rotatable bonds is 5. The Bertz CT molecular complexity index is 827. The summed E-state index contributed by atoms with van der Waals surface area (Å²) in [4.78, 5) is 39.5. The summed E-state index contributed by atoms with van der Waals surface area (Å²) >= 11 is 0. The third-order valence-electron chi connectivity index (χ3n) is 6.70. The van der Waals surface area contributed by atoms with Gasteiger partial charge in [-0.05, 0) is 42.2 Å². The first-order valence-corrected chi connectivity index (χ1v) is 9.56. The Morgan fingerprint density at radius 1 is 1.11 bits per heavy atom. The lowest BCUT2D eigenvalue weighted by atomic mass is 9.63. The van der Waals surface area contributed by atoms with E-state index in [1.165, 1.54) is 4.90 Å². The van der Waals surface area contributed by atoms with Crippen molar-refractivity contribution in [2.45, 2.75) is 12.8 Å². The number of nitrogens with zero attached hydrogens (tertiary/aromatic N) is 1. The zero-order chi connectivity index (χ0) is 18.7. The number of nitrogens with one attached hydrogen (secondary N) is 1. The van der Waals surface area contributed by atoms with Crippen LogP contribution in [0.4, 0.5) is 5.69 Å². The quantitative estimate of drug-likeness (QED) is 0.639.